The summed E-state index contributed by atoms with van der Waals surface area (Å²) in [6.07, 6.45) is 0. The van der Waals surface area contributed by atoms with Gasteiger partial charge < -0.3 is 5.73 Å². The molecular weight excluding hydrogens is 261 g/mol. The molecule has 0 aromatic heterocycles. The van der Waals surface area contributed by atoms with Gasteiger partial charge in [-0.05, 0) is 28.7 Å². The summed E-state index contributed by atoms with van der Waals surface area (Å²) >= 11 is 5.96. The van der Waals surface area contributed by atoms with Gasteiger partial charge in [0.2, 0.25) is 0 Å². The van der Waals surface area contributed by atoms with Crippen molar-refractivity contribution < 1.29 is 4.39 Å². The van der Waals surface area contributed by atoms with Gasteiger partial charge in [-0.15, -0.1) is 0 Å². The van der Waals surface area contributed by atoms with E-state index in [1.807, 2.05) is 24.3 Å². The highest BCUT2D eigenvalue weighted by atomic mass is 35.5. The Kier molecular flexibility index (Phi) is 4.23. The molecule has 2 aromatic rings. The molecule has 0 bridgehead atoms. The van der Waals surface area contributed by atoms with Gasteiger partial charge in [-0.1, -0.05) is 61.8 Å². The van der Waals surface area contributed by atoms with Gasteiger partial charge in [0.15, 0.2) is 0 Å². The van der Waals surface area contributed by atoms with Gasteiger partial charge in [-0.2, -0.15) is 0 Å². The van der Waals surface area contributed by atoms with Gasteiger partial charge in [0.25, 0.3) is 0 Å². The minimum Gasteiger partial charge on any atom is -0.320 e. The molecule has 0 spiro atoms. The number of halogens is 2. The molecule has 1 nitrogen and oxygen atoms in total. The first-order valence-electron chi connectivity index (χ1n) is 6.30. The Morgan fingerprint density at radius 3 is 2.16 bits per heavy atom. The topological polar surface area (TPSA) is 26.0 Å². The summed E-state index contributed by atoms with van der Waals surface area (Å²) in [5.74, 6) is 0.0384. The highest BCUT2D eigenvalue weighted by molar-refractivity contribution is 6.31. The van der Waals surface area contributed by atoms with Crippen LogP contribution in [0.4, 0.5) is 4.39 Å². The Hall–Kier alpha value is -1.38. The molecule has 19 heavy (non-hydrogen) atoms. The summed E-state index contributed by atoms with van der Waals surface area (Å²) in [6, 6.07) is 12.3. The number of hydrogen-bond acceptors (Lipinski definition) is 1. The maximum absolute atomic E-state index is 13.4. The van der Waals surface area contributed by atoms with Crippen LogP contribution < -0.4 is 5.73 Å². The highest BCUT2D eigenvalue weighted by Gasteiger charge is 2.15. The lowest BCUT2D eigenvalue weighted by atomic mass is 9.96. The SMILES string of the molecule is CC(C)c1ccc(C(N)c2cccc(F)c2Cl)cc1. The first-order valence-corrected chi connectivity index (χ1v) is 6.68. The molecule has 0 radical (unpaired) electrons. The summed E-state index contributed by atoms with van der Waals surface area (Å²) in [7, 11) is 0. The average molecular weight is 278 g/mol. The monoisotopic (exact) mass is 277 g/mol. The van der Waals surface area contributed by atoms with Crippen LogP contribution in [0.5, 0.6) is 0 Å². The lowest BCUT2D eigenvalue weighted by molar-refractivity contribution is 0.624. The van der Waals surface area contributed by atoms with Crippen molar-refractivity contribution in [2.24, 2.45) is 5.73 Å². The van der Waals surface area contributed by atoms with Crippen LogP contribution in [0.25, 0.3) is 0 Å². The number of rotatable bonds is 3. The van der Waals surface area contributed by atoms with E-state index in [9.17, 15) is 4.39 Å². The van der Waals surface area contributed by atoms with Crippen LogP contribution in [0.15, 0.2) is 42.5 Å². The van der Waals surface area contributed by atoms with Crippen molar-refractivity contribution in [1.82, 2.24) is 0 Å². The fraction of sp³-hybridized carbons (Fsp3) is 0.250. The second-order valence-electron chi connectivity index (χ2n) is 4.94. The molecule has 0 heterocycles. The molecule has 1 unspecified atom stereocenters. The Labute approximate surface area is 118 Å². The minimum atomic E-state index is -0.437. The van der Waals surface area contributed by atoms with Crippen LogP contribution in [0, 0.1) is 5.82 Å². The summed E-state index contributed by atoms with van der Waals surface area (Å²) in [5.41, 5.74) is 8.95. The summed E-state index contributed by atoms with van der Waals surface area (Å²) < 4.78 is 13.4. The standard InChI is InChI=1S/C16H17ClFN/c1-10(2)11-6-8-12(9-7-11)16(19)13-4-3-5-14(18)15(13)17/h3-10,16H,19H2,1-2H3. The first kappa shape index (κ1) is 14.0. The molecule has 2 rings (SSSR count). The highest BCUT2D eigenvalue weighted by Crippen LogP contribution is 2.29. The van der Waals surface area contributed by atoms with Gasteiger partial charge >= 0.3 is 0 Å². The second-order valence-corrected chi connectivity index (χ2v) is 5.32. The van der Waals surface area contributed by atoms with Gasteiger partial charge in [0, 0.05) is 0 Å². The summed E-state index contributed by atoms with van der Waals surface area (Å²) in [6.45, 7) is 4.27. The van der Waals surface area contributed by atoms with E-state index in [4.69, 9.17) is 17.3 Å². The molecule has 3 heteroatoms. The zero-order chi connectivity index (χ0) is 14.0. The predicted octanol–water partition coefficient (Wildman–Crippen LogP) is 4.65. The van der Waals surface area contributed by atoms with Crippen LogP contribution in [-0.2, 0) is 0 Å². The molecule has 0 aliphatic carbocycles. The molecule has 0 saturated carbocycles. The Bertz CT molecular complexity index is 563. The molecule has 2 N–H and O–H groups in total. The predicted molar refractivity (Wildman–Crippen MR) is 78.0 cm³/mol. The van der Waals surface area contributed by atoms with Gasteiger partial charge in [-0.3, -0.25) is 0 Å². The van der Waals surface area contributed by atoms with E-state index >= 15 is 0 Å². The van der Waals surface area contributed by atoms with Crippen LogP contribution in [-0.4, -0.2) is 0 Å². The normalized spacial score (nSPS) is 12.7. The maximum Gasteiger partial charge on any atom is 0.142 e. The second kappa shape index (κ2) is 5.72. The van der Waals surface area contributed by atoms with E-state index in [-0.39, 0.29) is 5.02 Å². The molecule has 0 amide bonds. The van der Waals surface area contributed by atoms with Crippen molar-refractivity contribution in [1.29, 1.82) is 0 Å². The van der Waals surface area contributed by atoms with Crippen molar-refractivity contribution in [3.8, 4) is 0 Å². The van der Waals surface area contributed by atoms with E-state index in [0.717, 1.165) is 5.56 Å². The Morgan fingerprint density at radius 2 is 1.58 bits per heavy atom. The molecule has 2 aromatic carbocycles. The zero-order valence-corrected chi connectivity index (χ0v) is 11.8. The first-order chi connectivity index (χ1) is 9.00. The van der Waals surface area contributed by atoms with E-state index in [1.54, 1.807) is 12.1 Å². The van der Waals surface area contributed by atoms with Crippen molar-refractivity contribution in [2.75, 3.05) is 0 Å². The van der Waals surface area contributed by atoms with Gasteiger partial charge in [0.1, 0.15) is 5.82 Å². The van der Waals surface area contributed by atoms with Crippen molar-refractivity contribution in [3.05, 3.63) is 70.0 Å². The van der Waals surface area contributed by atoms with Gasteiger partial charge in [-0.25, -0.2) is 4.39 Å². The molecule has 0 fully saturated rings. The average Bonchev–Trinajstić information content (AvgIpc) is 2.41. The molecule has 0 aliphatic heterocycles. The van der Waals surface area contributed by atoms with E-state index in [0.29, 0.717) is 11.5 Å². The van der Waals surface area contributed by atoms with E-state index in [2.05, 4.69) is 13.8 Å². The van der Waals surface area contributed by atoms with Crippen LogP contribution >= 0.6 is 11.6 Å². The lowest BCUT2D eigenvalue weighted by Crippen LogP contribution is -2.13. The maximum atomic E-state index is 13.4. The van der Waals surface area contributed by atoms with Crippen LogP contribution in [0.3, 0.4) is 0 Å². The van der Waals surface area contributed by atoms with Crippen LogP contribution in [0.1, 0.15) is 42.5 Å². The molecule has 100 valence electrons. The minimum absolute atomic E-state index is 0.0999. The van der Waals surface area contributed by atoms with E-state index in [1.165, 1.54) is 11.6 Å². The molecule has 0 saturated heterocycles. The van der Waals surface area contributed by atoms with Crippen LogP contribution in [0.2, 0.25) is 5.02 Å². The third kappa shape index (κ3) is 2.96. The molecule has 0 aliphatic rings. The quantitative estimate of drug-likeness (QED) is 0.868. The van der Waals surface area contributed by atoms with Gasteiger partial charge in [0.05, 0.1) is 11.1 Å². The Balaban J connectivity index is 2.33. The number of hydrogen-bond donors (Lipinski definition) is 1. The third-order valence-corrected chi connectivity index (χ3v) is 3.68. The Morgan fingerprint density at radius 1 is 1.00 bits per heavy atom. The summed E-state index contributed by atoms with van der Waals surface area (Å²) in [5, 5.41) is 0.0999. The fourth-order valence-corrected chi connectivity index (χ4v) is 2.27. The van der Waals surface area contributed by atoms with Crippen molar-refractivity contribution >= 4 is 11.6 Å². The van der Waals surface area contributed by atoms with Crippen molar-refractivity contribution in [2.45, 2.75) is 25.8 Å². The third-order valence-electron chi connectivity index (χ3n) is 3.28. The smallest absolute Gasteiger partial charge is 0.142 e. The fourth-order valence-electron chi connectivity index (χ4n) is 2.03. The van der Waals surface area contributed by atoms with E-state index < -0.39 is 11.9 Å². The molecular formula is C16H17ClFN. The number of nitrogens with two attached hydrogens (primary N) is 1. The number of benzene rings is 2. The summed E-state index contributed by atoms with van der Waals surface area (Å²) in [4.78, 5) is 0. The molecule has 1 atom stereocenters. The van der Waals surface area contributed by atoms with Crippen molar-refractivity contribution in [3.63, 3.8) is 0 Å². The zero-order valence-electron chi connectivity index (χ0n) is 11.0. The lowest BCUT2D eigenvalue weighted by Gasteiger charge is -2.15. The largest absolute Gasteiger partial charge is 0.320 e.